The highest BCUT2D eigenvalue weighted by Crippen LogP contribution is 2.20. The van der Waals surface area contributed by atoms with E-state index in [1.807, 2.05) is 13.8 Å². The van der Waals surface area contributed by atoms with E-state index in [9.17, 15) is 5.02 Å². The molecule has 0 radical (unpaired) electrons. The van der Waals surface area contributed by atoms with Gasteiger partial charge in [-0.05, 0) is 19.3 Å². The molecule has 0 amide bonds. The number of aliphatic hydroxyl groups excluding tert-OH is 1. The Balaban J connectivity index is 1.90. The second kappa shape index (κ2) is 6.71. The highest BCUT2D eigenvalue weighted by atomic mass is 16.5. The third kappa shape index (κ3) is 4.05. The van der Waals surface area contributed by atoms with Crippen LogP contribution in [0.25, 0.3) is 0 Å². The molecule has 1 saturated heterocycles. The van der Waals surface area contributed by atoms with Gasteiger partial charge in [0.15, 0.2) is 0 Å². The van der Waals surface area contributed by atoms with Gasteiger partial charge in [-0.1, -0.05) is 13.8 Å². The first-order chi connectivity index (χ1) is 9.52. The van der Waals surface area contributed by atoms with Crippen LogP contribution < -0.4 is 5.46 Å². The van der Waals surface area contributed by atoms with E-state index in [0.29, 0.717) is 5.46 Å². The van der Waals surface area contributed by atoms with Gasteiger partial charge in [0, 0.05) is 36.5 Å². The third-order valence-electron chi connectivity index (χ3n) is 3.42. The van der Waals surface area contributed by atoms with E-state index in [1.54, 1.807) is 17.1 Å². The number of hydrogen-bond acceptors (Lipinski definition) is 5. The van der Waals surface area contributed by atoms with Crippen molar-refractivity contribution in [2.75, 3.05) is 19.8 Å². The summed E-state index contributed by atoms with van der Waals surface area (Å²) in [4.78, 5) is 0. The maximum atomic E-state index is 9.99. The molecular weight excluding hydrogens is 259 g/mol. The molecule has 6 nitrogen and oxygen atoms in total. The molecular formula is C13H23BN2O4. The van der Waals surface area contributed by atoms with Crippen molar-refractivity contribution in [2.24, 2.45) is 5.41 Å². The summed E-state index contributed by atoms with van der Waals surface area (Å²) < 4.78 is 12.8. The van der Waals surface area contributed by atoms with Gasteiger partial charge in [0.25, 0.3) is 0 Å². The minimum absolute atomic E-state index is 0.00883. The molecule has 2 N–H and O–H groups in total. The fraction of sp³-hybridized carbons (Fsp3) is 0.769. The van der Waals surface area contributed by atoms with E-state index in [0.717, 1.165) is 25.9 Å². The Morgan fingerprint density at radius 3 is 3.00 bits per heavy atom. The van der Waals surface area contributed by atoms with Gasteiger partial charge < -0.3 is 19.5 Å². The van der Waals surface area contributed by atoms with Crippen LogP contribution in [0.2, 0.25) is 0 Å². The zero-order valence-corrected chi connectivity index (χ0v) is 12.2. The van der Waals surface area contributed by atoms with Crippen molar-refractivity contribution in [1.82, 2.24) is 9.78 Å². The van der Waals surface area contributed by atoms with Crippen LogP contribution >= 0.6 is 0 Å². The smallest absolute Gasteiger partial charge is 0.423 e. The van der Waals surface area contributed by atoms with E-state index in [1.165, 1.54) is 0 Å². The molecule has 20 heavy (non-hydrogen) atoms. The molecule has 0 aromatic carbocycles. The zero-order valence-electron chi connectivity index (χ0n) is 12.2. The molecule has 112 valence electrons. The quantitative estimate of drug-likeness (QED) is 0.734. The summed E-state index contributed by atoms with van der Waals surface area (Å²) in [6, 6.07) is 0. The molecule has 1 aliphatic heterocycles. The fourth-order valence-electron chi connectivity index (χ4n) is 2.02. The lowest BCUT2D eigenvalue weighted by molar-refractivity contribution is -0.0394. The molecule has 1 fully saturated rings. The van der Waals surface area contributed by atoms with Crippen molar-refractivity contribution >= 4 is 12.6 Å². The maximum absolute atomic E-state index is 9.99. The van der Waals surface area contributed by atoms with Crippen LogP contribution in [0.1, 0.15) is 39.3 Å². The molecule has 7 heteroatoms. The molecule has 0 spiro atoms. The van der Waals surface area contributed by atoms with Gasteiger partial charge in [0.2, 0.25) is 0 Å². The number of rotatable bonds is 6. The highest BCUT2D eigenvalue weighted by molar-refractivity contribution is 6.59. The fourth-order valence-corrected chi connectivity index (χ4v) is 2.02. The van der Waals surface area contributed by atoms with Crippen molar-refractivity contribution in [1.29, 1.82) is 0 Å². The molecule has 1 aromatic rings. The number of ether oxygens (including phenoxy) is 1. The SMILES string of the molecule is CC(C)(CO)COB(O)c1cnn([C@H]2CCCCO2)c1. The minimum Gasteiger partial charge on any atom is -0.423 e. The Kier molecular flexibility index (Phi) is 5.20. The van der Waals surface area contributed by atoms with Gasteiger partial charge in [-0.25, -0.2) is 4.68 Å². The van der Waals surface area contributed by atoms with E-state index in [-0.39, 0.29) is 24.9 Å². The number of aromatic nitrogens is 2. The monoisotopic (exact) mass is 282 g/mol. The van der Waals surface area contributed by atoms with Crippen LogP contribution in [0.15, 0.2) is 12.4 Å². The van der Waals surface area contributed by atoms with E-state index in [2.05, 4.69) is 5.10 Å². The molecule has 1 aromatic heterocycles. The van der Waals surface area contributed by atoms with E-state index < -0.39 is 7.12 Å². The van der Waals surface area contributed by atoms with Crippen molar-refractivity contribution in [3.63, 3.8) is 0 Å². The molecule has 1 aliphatic rings. The van der Waals surface area contributed by atoms with Crippen LogP contribution in [-0.4, -0.2) is 46.9 Å². The molecule has 2 rings (SSSR count). The second-order valence-corrected chi connectivity index (χ2v) is 6.06. The summed E-state index contributed by atoms with van der Waals surface area (Å²) in [6.45, 7) is 4.78. The Labute approximate surface area is 119 Å². The zero-order chi connectivity index (χ0) is 14.6. The van der Waals surface area contributed by atoms with Gasteiger partial charge in [0.05, 0.1) is 6.61 Å². The highest BCUT2D eigenvalue weighted by Gasteiger charge is 2.25. The summed E-state index contributed by atoms with van der Waals surface area (Å²) >= 11 is 0. The van der Waals surface area contributed by atoms with Crippen LogP contribution in [0.3, 0.4) is 0 Å². The minimum atomic E-state index is -1.03. The predicted molar refractivity (Wildman–Crippen MR) is 75.5 cm³/mol. The number of aliphatic hydroxyl groups is 1. The molecule has 0 bridgehead atoms. The van der Waals surface area contributed by atoms with E-state index in [4.69, 9.17) is 14.5 Å². The first kappa shape index (κ1) is 15.5. The van der Waals surface area contributed by atoms with Crippen LogP contribution in [-0.2, 0) is 9.39 Å². The lowest BCUT2D eigenvalue weighted by Crippen LogP contribution is -2.37. The first-order valence-electron chi connectivity index (χ1n) is 7.08. The number of hydrogen-bond donors (Lipinski definition) is 2. The average molecular weight is 282 g/mol. The Morgan fingerprint density at radius 2 is 2.35 bits per heavy atom. The normalized spacial score (nSPS) is 20.1. The molecule has 2 heterocycles. The summed E-state index contributed by atoms with van der Waals surface area (Å²) in [7, 11) is -1.03. The Hall–Kier alpha value is -0.885. The van der Waals surface area contributed by atoms with Crippen molar-refractivity contribution in [3.8, 4) is 0 Å². The lowest BCUT2D eigenvalue weighted by atomic mass is 9.81. The molecule has 0 saturated carbocycles. The van der Waals surface area contributed by atoms with Crippen molar-refractivity contribution in [3.05, 3.63) is 12.4 Å². The topological polar surface area (TPSA) is 76.7 Å². The predicted octanol–water partition coefficient (Wildman–Crippen LogP) is 0.305. The largest absolute Gasteiger partial charge is 0.494 e. The molecule has 1 atom stereocenters. The molecule has 0 aliphatic carbocycles. The van der Waals surface area contributed by atoms with E-state index >= 15 is 0 Å². The summed E-state index contributed by atoms with van der Waals surface area (Å²) in [5, 5.41) is 23.4. The van der Waals surface area contributed by atoms with Gasteiger partial charge >= 0.3 is 7.12 Å². The van der Waals surface area contributed by atoms with Crippen molar-refractivity contribution < 1.29 is 19.5 Å². The Bertz CT molecular complexity index is 418. The lowest BCUT2D eigenvalue weighted by Gasteiger charge is -2.23. The summed E-state index contributed by atoms with van der Waals surface area (Å²) in [5.74, 6) is 0. The summed E-state index contributed by atoms with van der Waals surface area (Å²) in [6.07, 6.45) is 6.46. The number of nitrogens with zero attached hydrogens (tertiary/aromatic N) is 2. The van der Waals surface area contributed by atoms with Gasteiger partial charge in [-0.2, -0.15) is 5.10 Å². The summed E-state index contributed by atoms with van der Waals surface area (Å²) in [5.41, 5.74) is 0.233. The van der Waals surface area contributed by atoms with Gasteiger partial charge in [0.1, 0.15) is 6.23 Å². The standard InChI is InChI=1S/C13H23BN2O4/c1-13(2,9-17)10-20-14(18)11-7-15-16(8-11)12-5-3-4-6-19-12/h7-8,12,17-18H,3-6,9-10H2,1-2H3/t12-/m1/s1. The van der Waals surface area contributed by atoms with Crippen LogP contribution in [0, 0.1) is 5.41 Å². The average Bonchev–Trinajstić information content (AvgIpc) is 2.96. The van der Waals surface area contributed by atoms with Gasteiger partial charge in [-0.15, -0.1) is 0 Å². The third-order valence-corrected chi connectivity index (χ3v) is 3.42. The first-order valence-corrected chi connectivity index (χ1v) is 7.08. The Morgan fingerprint density at radius 1 is 1.55 bits per heavy atom. The van der Waals surface area contributed by atoms with Crippen molar-refractivity contribution in [2.45, 2.75) is 39.3 Å². The maximum Gasteiger partial charge on any atom is 0.494 e. The van der Waals surface area contributed by atoms with Crippen LogP contribution in [0.5, 0.6) is 0 Å². The van der Waals surface area contributed by atoms with Crippen LogP contribution in [0.4, 0.5) is 0 Å². The second-order valence-electron chi connectivity index (χ2n) is 6.06. The van der Waals surface area contributed by atoms with Gasteiger partial charge in [-0.3, -0.25) is 0 Å². The molecule has 0 unspecified atom stereocenters.